The van der Waals surface area contributed by atoms with Crippen LogP contribution in [0.4, 0.5) is 5.82 Å². The largest absolute Gasteiger partial charge is 0.460 e. The van der Waals surface area contributed by atoms with Crippen LogP contribution in [0, 0.1) is 10.8 Å². The summed E-state index contributed by atoms with van der Waals surface area (Å²) in [6.07, 6.45) is 21.5. The van der Waals surface area contributed by atoms with Gasteiger partial charge in [-0.3, -0.25) is 4.57 Å². The lowest BCUT2D eigenvalue weighted by Crippen LogP contribution is -2.76. The number of rotatable bonds is 10. The van der Waals surface area contributed by atoms with Crippen LogP contribution in [-0.4, -0.2) is 79.4 Å². The van der Waals surface area contributed by atoms with E-state index >= 15 is 0 Å². The van der Waals surface area contributed by atoms with Crippen LogP contribution in [0.5, 0.6) is 0 Å². The van der Waals surface area contributed by atoms with E-state index in [0.717, 1.165) is 18.3 Å². The minimum Gasteiger partial charge on any atom is -0.460 e. The Morgan fingerprint density at radius 2 is 1.63 bits per heavy atom. The van der Waals surface area contributed by atoms with E-state index in [0.29, 0.717) is 41.3 Å². The van der Waals surface area contributed by atoms with E-state index < -0.39 is 24.6 Å². The van der Waals surface area contributed by atoms with Crippen molar-refractivity contribution in [3.8, 4) is 0 Å². The number of imidazole rings is 1. The number of nitrogens with two attached hydrogens (primary N) is 1. The number of fused-ring (bicyclic) bond motifs is 1. The zero-order valence-corrected chi connectivity index (χ0v) is 30.9. The fourth-order valence-corrected chi connectivity index (χ4v) is 12.4. The summed E-state index contributed by atoms with van der Waals surface area (Å²) in [5, 5.41) is 2.97. The zero-order valence-electron chi connectivity index (χ0n) is 30.0. The van der Waals surface area contributed by atoms with Gasteiger partial charge in [-0.05, 0) is 89.9 Å². The average molecular weight is 702 g/mol. The summed E-state index contributed by atoms with van der Waals surface area (Å²) in [6, 6.07) is 0. The number of aromatic nitrogens is 4. The molecule has 0 radical (unpaired) electrons. The Hall–Kier alpha value is -2.44. The van der Waals surface area contributed by atoms with Gasteiger partial charge in [0.2, 0.25) is 7.44 Å². The number of esters is 1. The van der Waals surface area contributed by atoms with E-state index in [2.05, 4.69) is 20.0 Å². The lowest BCUT2D eigenvalue weighted by Gasteiger charge is -2.59. The molecule has 3 atom stereocenters. The minimum absolute atomic E-state index is 0.139. The molecule has 49 heavy (non-hydrogen) atoms. The smallest absolute Gasteiger partial charge is 0.342 e. The van der Waals surface area contributed by atoms with E-state index in [1.165, 1.54) is 88.0 Å². The normalized spacial score (nSPS) is 30.0. The third kappa shape index (κ3) is 7.20. The molecular weight excluding hydrogens is 645 g/mol. The number of hydrogen-bond acceptors (Lipinski definition) is 10. The number of nitrogens with zero attached hydrogens (tertiary/aromatic N) is 5. The summed E-state index contributed by atoms with van der Waals surface area (Å²) in [6.45, 7) is 7.13. The van der Waals surface area contributed by atoms with Gasteiger partial charge in [0, 0.05) is 7.11 Å². The van der Waals surface area contributed by atoms with Gasteiger partial charge in [-0.1, -0.05) is 38.5 Å². The van der Waals surface area contributed by atoms with Gasteiger partial charge in [0.1, 0.15) is 30.6 Å². The minimum atomic E-state index is -3.42. The number of nitrogen functional groups attached to an aromatic ring is 1. The summed E-state index contributed by atoms with van der Waals surface area (Å²) in [5.74, 6) is -0.219. The molecule has 2 spiro atoms. The molecule has 3 heterocycles. The highest BCUT2D eigenvalue weighted by Crippen LogP contribution is 2.64. The number of hydrogen-bond donors (Lipinski definition) is 2. The van der Waals surface area contributed by atoms with Crippen LogP contribution in [0.25, 0.3) is 11.2 Å². The van der Waals surface area contributed by atoms with Crippen LogP contribution in [0.3, 0.4) is 0 Å². The van der Waals surface area contributed by atoms with Crippen molar-refractivity contribution in [2.45, 2.75) is 154 Å². The lowest BCUT2D eigenvalue weighted by atomic mass is 9.59. The molecule has 0 aromatic carbocycles. The molecule has 1 saturated heterocycles. The highest BCUT2D eigenvalue weighted by Gasteiger charge is 2.67. The fraction of sp³-hybridized carbons (Fsp3) is 0.800. The summed E-state index contributed by atoms with van der Waals surface area (Å²) < 4.78 is 34.4. The molecule has 7 rings (SSSR count). The van der Waals surface area contributed by atoms with Crippen molar-refractivity contribution >= 4 is 36.7 Å². The van der Waals surface area contributed by atoms with Crippen molar-refractivity contribution in [2.75, 3.05) is 19.2 Å². The van der Waals surface area contributed by atoms with Crippen molar-refractivity contribution in [3.63, 3.8) is 0 Å². The first-order valence-corrected chi connectivity index (χ1v) is 20.0. The monoisotopic (exact) mass is 701 g/mol. The number of ether oxygens (including phenoxy) is 3. The Morgan fingerprint density at radius 3 is 2.20 bits per heavy atom. The van der Waals surface area contributed by atoms with Crippen molar-refractivity contribution in [1.29, 1.82) is 0 Å². The second kappa shape index (κ2) is 13.9. The number of carbonyl (C=O) groups is 2. The topological polar surface area (TPSA) is 164 Å². The maximum absolute atomic E-state index is 14.0. The predicted molar refractivity (Wildman–Crippen MR) is 186 cm³/mol. The van der Waals surface area contributed by atoms with E-state index in [-0.39, 0.29) is 18.6 Å². The lowest BCUT2D eigenvalue weighted by molar-refractivity contribution is -0.181. The molecule has 4 aliphatic carbocycles. The van der Waals surface area contributed by atoms with Gasteiger partial charge >= 0.3 is 5.97 Å². The Balaban J connectivity index is 0.000000319. The van der Waals surface area contributed by atoms with Crippen LogP contribution >= 0.6 is 7.44 Å². The third-order valence-electron chi connectivity index (χ3n) is 11.9. The molecule has 0 amide bonds. The highest BCUT2D eigenvalue weighted by molar-refractivity contribution is 7.61. The van der Waals surface area contributed by atoms with Gasteiger partial charge < -0.3 is 29.3 Å². The molecule has 14 heteroatoms. The van der Waals surface area contributed by atoms with Crippen molar-refractivity contribution in [1.82, 2.24) is 29.3 Å². The summed E-state index contributed by atoms with van der Waals surface area (Å²) in [7, 11) is -1.58. The van der Waals surface area contributed by atoms with Gasteiger partial charge in [0.15, 0.2) is 17.1 Å². The van der Waals surface area contributed by atoms with Crippen LogP contribution in [0.1, 0.15) is 118 Å². The summed E-state index contributed by atoms with van der Waals surface area (Å²) >= 11 is 0. The SMILES string of the molecule is CC(Cn1cnc2c(N)ncnc21)OCP1(=O)NC(C)(C(=O)OC2CC3(CCCCC3)C2)N1C(C)(C)C=O.COC1CC2(CCCCC2)C1. The first-order chi connectivity index (χ1) is 23.3. The van der Waals surface area contributed by atoms with Crippen molar-refractivity contribution in [2.24, 2.45) is 10.8 Å². The van der Waals surface area contributed by atoms with Gasteiger partial charge in [-0.15, -0.1) is 0 Å². The van der Waals surface area contributed by atoms with E-state index in [1.54, 1.807) is 31.7 Å². The van der Waals surface area contributed by atoms with E-state index in [4.69, 9.17) is 19.9 Å². The maximum atomic E-state index is 14.0. The average Bonchev–Trinajstić information content (AvgIpc) is 3.46. The summed E-state index contributed by atoms with van der Waals surface area (Å²) in [4.78, 5) is 37.8. The van der Waals surface area contributed by atoms with E-state index in [9.17, 15) is 14.2 Å². The molecule has 0 bridgehead atoms. The van der Waals surface area contributed by atoms with Crippen molar-refractivity contribution in [3.05, 3.63) is 12.7 Å². The Kier molecular flexibility index (Phi) is 10.3. The molecule has 13 nitrogen and oxygen atoms in total. The molecule has 3 unspecified atom stereocenters. The first-order valence-electron chi connectivity index (χ1n) is 18.2. The van der Waals surface area contributed by atoms with Crippen LogP contribution < -0.4 is 10.8 Å². The zero-order chi connectivity index (χ0) is 35.1. The molecule has 5 fully saturated rings. The van der Waals surface area contributed by atoms with Crippen LogP contribution in [0.2, 0.25) is 0 Å². The molecule has 1 aliphatic heterocycles. The third-order valence-corrected chi connectivity index (χ3v) is 14.7. The summed E-state index contributed by atoms with van der Waals surface area (Å²) in [5.41, 5.74) is 5.43. The number of carbonyl (C=O) groups excluding carboxylic acids is 2. The number of methoxy groups -OCH3 is 1. The molecule has 4 saturated carbocycles. The van der Waals surface area contributed by atoms with Gasteiger partial charge in [0.05, 0.1) is 30.6 Å². The van der Waals surface area contributed by atoms with Gasteiger partial charge in [-0.25, -0.2) is 24.8 Å². The second-order valence-electron chi connectivity index (χ2n) is 16.2. The molecule has 2 aromatic rings. The van der Waals surface area contributed by atoms with Crippen molar-refractivity contribution < 1.29 is 28.4 Å². The maximum Gasteiger partial charge on any atom is 0.342 e. The van der Waals surface area contributed by atoms with E-state index in [1.807, 2.05) is 14.0 Å². The molecule has 2 aromatic heterocycles. The number of aldehydes is 1. The Morgan fingerprint density at radius 1 is 1.04 bits per heavy atom. The number of anilines is 1. The van der Waals surface area contributed by atoms with Gasteiger partial charge in [0.25, 0.3) is 0 Å². The van der Waals surface area contributed by atoms with Gasteiger partial charge in [-0.2, -0.15) is 4.67 Å². The quantitative estimate of drug-likeness (QED) is 0.170. The first kappa shape index (κ1) is 36.4. The number of nitrogens with one attached hydrogen (secondary N) is 1. The molecule has 3 N–H and O–H groups in total. The molecule has 5 aliphatic rings. The van der Waals surface area contributed by atoms with Crippen LogP contribution in [0.15, 0.2) is 12.7 Å². The Labute approximate surface area is 290 Å². The Bertz CT molecular complexity index is 1540. The molecular formula is C35H56N7O6P. The second-order valence-corrected chi connectivity index (χ2v) is 18.5. The predicted octanol–water partition coefficient (Wildman–Crippen LogP) is 5.96. The van der Waals surface area contributed by atoms with Crippen LogP contribution in [-0.2, 0) is 34.9 Å². The highest BCUT2D eigenvalue weighted by atomic mass is 31.2. The standard InChI is InChI=1S/C25H38N7O5P.C10H18O/c1-17(12-31-15-29-19-20(26)27-14-28-21(19)31)36-16-38(35)30-24(4,32(38)23(2,3)13-33)22(34)37-18-10-25(11-18)8-6-5-7-9-25;1-11-9-7-10(8-9)5-3-2-4-6-10/h13-15,17-18H,5-12,16H2,1-4H3,(H,30,35)(H2,26,27,28);9H,2-8H2,1H3. The fourth-order valence-electron chi connectivity index (χ4n) is 9.32. The molecule has 272 valence electrons.